The van der Waals surface area contributed by atoms with E-state index in [0.717, 1.165) is 25.6 Å². The number of rotatable bonds is 4. The lowest BCUT2D eigenvalue weighted by Crippen LogP contribution is -2.23. The molecule has 1 saturated heterocycles. The van der Waals surface area contributed by atoms with Crippen LogP contribution < -0.4 is 0 Å². The average Bonchev–Trinajstić information content (AvgIpc) is 2.18. The molecule has 2 nitrogen and oxygen atoms in total. The van der Waals surface area contributed by atoms with Crippen molar-refractivity contribution in [3.05, 3.63) is 0 Å². The maximum atomic E-state index is 9.63. The highest BCUT2D eigenvalue weighted by molar-refractivity contribution is 4.70. The van der Waals surface area contributed by atoms with Gasteiger partial charge in [0.25, 0.3) is 0 Å². The molecule has 0 saturated carbocycles. The van der Waals surface area contributed by atoms with E-state index in [4.69, 9.17) is 4.74 Å². The van der Waals surface area contributed by atoms with Gasteiger partial charge in [-0.3, -0.25) is 0 Å². The molecule has 2 unspecified atom stereocenters. The zero-order valence-corrected chi connectivity index (χ0v) is 8.83. The molecule has 2 heteroatoms. The van der Waals surface area contributed by atoms with Crippen molar-refractivity contribution in [2.24, 2.45) is 11.8 Å². The molecule has 1 fully saturated rings. The van der Waals surface area contributed by atoms with Crippen LogP contribution in [-0.2, 0) is 4.74 Å². The predicted molar refractivity (Wildman–Crippen MR) is 53.6 cm³/mol. The fourth-order valence-electron chi connectivity index (χ4n) is 2.07. The summed E-state index contributed by atoms with van der Waals surface area (Å²) in [6, 6.07) is 0. The minimum atomic E-state index is -0.108. The van der Waals surface area contributed by atoms with E-state index >= 15 is 0 Å². The molecule has 1 aliphatic rings. The Morgan fingerprint density at radius 3 is 2.54 bits per heavy atom. The quantitative estimate of drug-likeness (QED) is 0.729. The van der Waals surface area contributed by atoms with E-state index in [0.29, 0.717) is 5.92 Å². The Labute approximate surface area is 81.3 Å². The monoisotopic (exact) mass is 186 g/mol. The highest BCUT2D eigenvalue weighted by atomic mass is 16.5. The van der Waals surface area contributed by atoms with Crippen LogP contribution >= 0.6 is 0 Å². The molecule has 1 rings (SSSR count). The Kier molecular flexibility index (Phi) is 4.74. The minimum Gasteiger partial charge on any atom is -0.393 e. The fourth-order valence-corrected chi connectivity index (χ4v) is 2.07. The summed E-state index contributed by atoms with van der Waals surface area (Å²) in [6.45, 7) is 6.04. The van der Waals surface area contributed by atoms with Crippen LogP contribution in [0.1, 0.15) is 39.5 Å². The summed E-state index contributed by atoms with van der Waals surface area (Å²) in [4.78, 5) is 0. The summed E-state index contributed by atoms with van der Waals surface area (Å²) in [5.74, 6) is 1.23. The largest absolute Gasteiger partial charge is 0.393 e. The van der Waals surface area contributed by atoms with Crippen LogP contribution in [0.5, 0.6) is 0 Å². The van der Waals surface area contributed by atoms with Gasteiger partial charge in [0.1, 0.15) is 0 Å². The smallest absolute Gasteiger partial charge is 0.0563 e. The van der Waals surface area contributed by atoms with E-state index in [9.17, 15) is 5.11 Å². The van der Waals surface area contributed by atoms with Crippen molar-refractivity contribution in [2.75, 3.05) is 13.2 Å². The number of aliphatic hydroxyl groups excluding tert-OH is 1. The summed E-state index contributed by atoms with van der Waals surface area (Å²) in [5.41, 5.74) is 0. The lowest BCUT2D eigenvalue weighted by Gasteiger charge is -2.26. The molecule has 2 atom stereocenters. The number of hydrogen-bond acceptors (Lipinski definition) is 2. The van der Waals surface area contributed by atoms with Crippen LogP contribution in [0.2, 0.25) is 0 Å². The van der Waals surface area contributed by atoms with E-state index in [1.54, 1.807) is 0 Å². The molecular weight excluding hydrogens is 164 g/mol. The topological polar surface area (TPSA) is 29.5 Å². The van der Waals surface area contributed by atoms with Gasteiger partial charge in [0, 0.05) is 13.2 Å². The van der Waals surface area contributed by atoms with Crippen LogP contribution in [0, 0.1) is 11.8 Å². The van der Waals surface area contributed by atoms with Crippen molar-refractivity contribution in [3.63, 3.8) is 0 Å². The average molecular weight is 186 g/mol. The van der Waals surface area contributed by atoms with E-state index in [1.165, 1.54) is 19.3 Å². The third-order valence-electron chi connectivity index (χ3n) is 3.12. The maximum absolute atomic E-state index is 9.63. The summed E-state index contributed by atoms with van der Waals surface area (Å²) < 4.78 is 5.31. The van der Waals surface area contributed by atoms with Crippen LogP contribution in [0.4, 0.5) is 0 Å². The van der Waals surface area contributed by atoms with Gasteiger partial charge in [0.15, 0.2) is 0 Å². The van der Waals surface area contributed by atoms with Gasteiger partial charge in [-0.25, -0.2) is 0 Å². The summed E-state index contributed by atoms with van der Waals surface area (Å²) in [5, 5.41) is 9.63. The van der Waals surface area contributed by atoms with Crippen molar-refractivity contribution in [2.45, 2.75) is 45.6 Å². The van der Waals surface area contributed by atoms with Crippen LogP contribution in [0.25, 0.3) is 0 Å². The molecular formula is C11H22O2. The number of hydrogen-bond donors (Lipinski definition) is 1. The lowest BCUT2D eigenvalue weighted by atomic mass is 9.86. The molecule has 0 radical (unpaired) electrons. The molecule has 0 aromatic heterocycles. The van der Waals surface area contributed by atoms with E-state index in [-0.39, 0.29) is 6.10 Å². The Morgan fingerprint density at radius 1 is 1.38 bits per heavy atom. The molecule has 1 aliphatic heterocycles. The Morgan fingerprint density at radius 2 is 2.00 bits per heavy atom. The van der Waals surface area contributed by atoms with E-state index in [2.05, 4.69) is 6.92 Å². The van der Waals surface area contributed by atoms with Gasteiger partial charge < -0.3 is 9.84 Å². The summed E-state index contributed by atoms with van der Waals surface area (Å²) >= 11 is 0. The molecule has 1 N–H and O–H groups in total. The number of aliphatic hydroxyl groups is 1. The molecule has 0 amide bonds. The second kappa shape index (κ2) is 5.61. The standard InChI is InChI=1S/C11H22O2/c1-3-11(12)9(2)8-10-4-6-13-7-5-10/h9-12H,3-8H2,1-2H3. The minimum absolute atomic E-state index is 0.108. The number of ether oxygens (including phenoxy) is 1. The van der Waals surface area contributed by atoms with Gasteiger partial charge in [0.05, 0.1) is 6.10 Å². The van der Waals surface area contributed by atoms with Crippen LogP contribution in [0.15, 0.2) is 0 Å². The first-order valence-corrected chi connectivity index (χ1v) is 5.49. The molecule has 0 bridgehead atoms. The van der Waals surface area contributed by atoms with Gasteiger partial charge in [-0.15, -0.1) is 0 Å². The second-order valence-electron chi connectivity index (χ2n) is 4.24. The summed E-state index contributed by atoms with van der Waals surface area (Å²) in [7, 11) is 0. The van der Waals surface area contributed by atoms with Crippen molar-refractivity contribution in [1.82, 2.24) is 0 Å². The van der Waals surface area contributed by atoms with Gasteiger partial charge in [-0.2, -0.15) is 0 Å². The van der Waals surface area contributed by atoms with Crippen molar-refractivity contribution in [3.8, 4) is 0 Å². The second-order valence-corrected chi connectivity index (χ2v) is 4.24. The third-order valence-corrected chi connectivity index (χ3v) is 3.12. The van der Waals surface area contributed by atoms with Crippen molar-refractivity contribution >= 4 is 0 Å². The maximum Gasteiger partial charge on any atom is 0.0563 e. The highest BCUT2D eigenvalue weighted by Gasteiger charge is 2.20. The Bertz CT molecular complexity index is 130. The Hall–Kier alpha value is -0.0800. The molecule has 0 spiro atoms. The SMILES string of the molecule is CCC(O)C(C)CC1CCOCC1. The zero-order chi connectivity index (χ0) is 9.68. The first kappa shape index (κ1) is 11.0. The predicted octanol–water partition coefficient (Wildman–Crippen LogP) is 2.21. The summed E-state index contributed by atoms with van der Waals surface area (Å²) in [6.07, 6.45) is 4.30. The molecule has 0 aromatic carbocycles. The lowest BCUT2D eigenvalue weighted by molar-refractivity contribution is 0.0417. The molecule has 13 heavy (non-hydrogen) atoms. The van der Waals surface area contributed by atoms with Gasteiger partial charge in [-0.1, -0.05) is 13.8 Å². The van der Waals surface area contributed by atoms with E-state index in [1.807, 2.05) is 6.92 Å². The first-order chi connectivity index (χ1) is 6.24. The normalized spacial score (nSPS) is 24.2. The zero-order valence-electron chi connectivity index (χ0n) is 8.83. The first-order valence-electron chi connectivity index (χ1n) is 5.49. The van der Waals surface area contributed by atoms with E-state index < -0.39 is 0 Å². The molecule has 1 heterocycles. The van der Waals surface area contributed by atoms with Gasteiger partial charge in [0.2, 0.25) is 0 Å². The van der Waals surface area contributed by atoms with Crippen molar-refractivity contribution < 1.29 is 9.84 Å². The Balaban J connectivity index is 2.21. The molecule has 0 aromatic rings. The van der Waals surface area contributed by atoms with Gasteiger partial charge in [-0.05, 0) is 37.5 Å². The molecule has 78 valence electrons. The van der Waals surface area contributed by atoms with Crippen LogP contribution in [0.3, 0.4) is 0 Å². The van der Waals surface area contributed by atoms with Gasteiger partial charge >= 0.3 is 0 Å². The van der Waals surface area contributed by atoms with Crippen molar-refractivity contribution in [1.29, 1.82) is 0 Å². The molecule has 0 aliphatic carbocycles. The highest BCUT2D eigenvalue weighted by Crippen LogP contribution is 2.25. The fraction of sp³-hybridized carbons (Fsp3) is 1.00. The van der Waals surface area contributed by atoms with Crippen LogP contribution in [-0.4, -0.2) is 24.4 Å². The third kappa shape index (κ3) is 3.65.